The van der Waals surface area contributed by atoms with Crippen molar-refractivity contribution in [3.63, 3.8) is 0 Å². The van der Waals surface area contributed by atoms with Gasteiger partial charge in [0.15, 0.2) is 0 Å². The van der Waals surface area contributed by atoms with Crippen molar-refractivity contribution in [2.75, 3.05) is 10.0 Å². The van der Waals surface area contributed by atoms with Gasteiger partial charge >= 0.3 is 0 Å². The van der Waals surface area contributed by atoms with Gasteiger partial charge in [-0.15, -0.1) is 0 Å². The highest BCUT2D eigenvalue weighted by atomic mass is 35.5. The molecule has 0 aliphatic heterocycles. The van der Waals surface area contributed by atoms with Crippen molar-refractivity contribution in [1.82, 2.24) is 0 Å². The minimum Gasteiger partial charge on any atom is -0.321 e. The third kappa shape index (κ3) is 4.77. The fraction of sp³-hybridized carbons (Fsp3) is 0. The Balaban J connectivity index is 1.78. The van der Waals surface area contributed by atoms with Crippen LogP contribution in [-0.4, -0.2) is 14.3 Å². The third-order valence-corrected chi connectivity index (χ3v) is 6.14. The number of anilines is 2. The van der Waals surface area contributed by atoms with Gasteiger partial charge in [-0.05, 0) is 48.5 Å². The second kappa shape index (κ2) is 8.41. The summed E-state index contributed by atoms with van der Waals surface area (Å²) in [5.74, 6) is -0.327. The number of hydrogen-bond donors (Lipinski definition) is 2. The van der Waals surface area contributed by atoms with E-state index in [1.54, 1.807) is 30.3 Å². The molecule has 144 valence electrons. The van der Waals surface area contributed by atoms with E-state index < -0.39 is 10.0 Å². The van der Waals surface area contributed by atoms with Gasteiger partial charge in [-0.2, -0.15) is 0 Å². The number of benzene rings is 3. The lowest BCUT2D eigenvalue weighted by molar-refractivity contribution is 0.102. The highest BCUT2D eigenvalue weighted by Gasteiger charge is 2.17. The second-order valence-electron chi connectivity index (χ2n) is 5.70. The van der Waals surface area contributed by atoms with E-state index in [9.17, 15) is 13.2 Å². The van der Waals surface area contributed by atoms with Gasteiger partial charge in [0, 0.05) is 5.56 Å². The Kier molecular flexibility index (Phi) is 6.15. The van der Waals surface area contributed by atoms with Crippen LogP contribution in [0.4, 0.5) is 11.4 Å². The van der Waals surface area contributed by atoms with Crippen LogP contribution in [0, 0.1) is 0 Å². The summed E-state index contributed by atoms with van der Waals surface area (Å²) < 4.78 is 27.4. The third-order valence-electron chi connectivity index (χ3n) is 3.71. The molecule has 0 aromatic heterocycles. The minimum absolute atomic E-state index is 0.0421. The summed E-state index contributed by atoms with van der Waals surface area (Å²) in [5.41, 5.74) is 1.06. The van der Waals surface area contributed by atoms with Crippen molar-refractivity contribution in [1.29, 1.82) is 0 Å². The minimum atomic E-state index is -3.89. The molecule has 28 heavy (non-hydrogen) atoms. The highest BCUT2D eigenvalue weighted by Crippen LogP contribution is 2.29. The zero-order valence-corrected chi connectivity index (χ0v) is 17.2. The monoisotopic (exact) mass is 454 g/mol. The molecule has 3 aromatic carbocycles. The average molecular weight is 456 g/mol. The first kappa shape index (κ1) is 20.5. The summed E-state index contributed by atoms with van der Waals surface area (Å²) in [6, 6.07) is 17.0. The van der Waals surface area contributed by atoms with Crippen LogP contribution in [0.2, 0.25) is 15.1 Å². The van der Waals surface area contributed by atoms with Crippen LogP contribution >= 0.6 is 34.8 Å². The standard InChI is InChI=1S/C19H13Cl3N2O3S/c20-15-8-7-14(11-16(15)21)28(26,27)24-13-6-9-18(17(22)10-13)23-19(25)12-4-2-1-3-5-12/h1-11,24H,(H,23,25). The average Bonchev–Trinajstić information content (AvgIpc) is 2.66. The SMILES string of the molecule is O=C(Nc1ccc(NS(=O)(=O)c2ccc(Cl)c(Cl)c2)cc1Cl)c1ccccc1. The smallest absolute Gasteiger partial charge is 0.261 e. The number of rotatable bonds is 5. The van der Waals surface area contributed by atoms with E-state index in [-0.39, 0.29) is 31.6 Å². The molecule has 0 aliphatic rings. The Hall–Kier alpha value is -2.25. The number of carbonyl (C=O) groups excluding carboxylic acids is 1. The Labute approximate surface area is 177 Å². The van der Waals surface area contributed by atoms with Crippen molar-refractivity contribution < 1.29 is 13.2 Å². The molecule has 0 aliphatic carbocycles. The molecular formula is C19H13Cl3N2O3S. The van der Waals surface area contributed by atoms with Gasteiger partial charge in [-0.3, -0.25) is 9.52 Å². The van der Waals surface area contributed by atoms with E-state index in [4.69, 9.17) is 34.8 Å². The zero-order valence-electron chi connectivity index (χ0n) is 14.1. The number of carbonyl (C=O) groups is 1. The predicted molar refractivity (Wildman–Crippen MR) is 113 cm³/mol. The molecule has 2 N–H and O–H groups in total. The van der Waals surface area contributed by atoms with E-state index in [0.717, 1.165) is 0 Å². The molecule has 0 saturated heterocycles. The van der Waals surface area contributed by atoms with Crippen molar-refractivity contribution in [2.24, 2.45) is 0 Å². The Bertz CT molecular complexity index is 1140. The van der Waals surface area contributed by atoms with Gasteiger partial charge in [0.25, 0.3) is 15.9 Å². The van der Waals surface area contributed by atoms with Crippen molar-refractivity contribution in [3.05, 3.63) is 87.4 Å². The maximum Gasteiger partial charge on any atom is 0.261 e. The molecule has 0 spiro atoms. The first-order valence-corrected chi connectivity index (χ1v) is 10.5. The van der Waals surface area contributed by atoms with Gasteiger partial charge < -0.3 is 5.32 Å². The molecule has 1 amide bonds. The molecule has 0 bridgehead atoms. The summed E-state index contributed by atoms with van der Waals surface area (Å²) in [6.45, 7) is 0. The molecule has 9 heteroatoms. The van der Waals surface area contributed by atoms with Crippen LogP contribution in [-0.2, 0) is 10.0 Å². The van der Waals surface area contributed by atoms with Gasteiger partial charge in [0.1, 0.15) is 0 Å². The maximum atomic E-state index is 12.5. The van der Waals surface area contributed by atoms with Crippen molar-refractivity contribution in [2.45, 2.75) is 4.90 Å². The Morgan fingerprint density at radius 3 is 2.14 bits per heavy atom. The summed E-state index contributed by atoms with van der Waals surface area (Å²) in [5, 5.41) is 3.24. The first-order chi connectivity index (χ1) is 13.3. The van der Waals surface area contributed by atoms with Gasteiger partial charge in [-0.25, -0.2) is 8.42 Å². The maximum absolute atomic E-state index is 12.5. The summed E-state index contributed by atoms with van der Waals surface area (Å²) in [7, 11) is -3.89. The second-order valence-corrected chi connectivity index (χ2v) is 8.60. The number of halogens is 3. The molecular weight excluding hydrogens is 443 g/mol. The zero-order chi connectivity index (χ0) is 20.3. The largest absolute Gasteiger partial charge is 0.321 e. The normalized spacial score (nSPS) is 11.1. The summed E-state index contributed by atoms with van der Waals surface area (Å²) in [6.07, 6.45) is 0. The van der Waals surface area contributed by atoms with Crippen LogP contribution in [0.5, 0.6) is 0 Å². The molecule has 5 nitrogen and oxygen atoms in total. The quantitative estimate of drug-likeness (QED) is 0.518. The lowest BCUT2D eigenvalue weighted by atomic mass is 10.2. The number of hydrogen-bond acceptors (Lipinski definition) is 3. The highest BCUT2D eigenvalue weighted by molar-refractivity contribution is 7.92. The van der Waals surface area contributed by atoms with E-state index in [0.29, 0.717) is 11.3 Å². The number of amides is 1. The van der Waals surface area contributed by atoms with Crippen LogP contribution in [0.25, 0.3) is 0 Å². The first-order valence-electron chi connectivity index (χ1n) is 7.90. The fourth-order valence-corrected chi connectivity index (χ4v) is 3.99. The van der Waals surface area contributed by atoms with Crippen LogP contribution < -0.4 is 10.0 Å². The van der Waals surface area contributed by atoms with E-state index in [1.165, 1.54) is 36.4 Å². The molecule has 0 unspecified atom stereocenters. The summed E-state index contributed by atoms with van der Waals surface area (Å²) >= 11 is 17.9. The van der Waals surface area contributed by atoms with Crippen LogP contribution in [0.15, 0.2) is 71.6 Å². The molecule has 3 rings (SSSR count). The number of sulfonamides is 1. The lowest BCUT2D eigenvalue weighted by Crippen LogP contribution is -2.14. The molecule has 0 atom stereocenters. The Morgan fingerprint density at radius 2 is 1.50 bits per heavy atom. The lowest BCUT2D eigenvalue weighted by Gasteiger charge is -2.12. The van der Waals surface area contributed by atoms with Crippen LogP contribution in [0.3, 0.4) is 0 Å². The van der Waals surface area contributed by atoms with E-state index >= 15 is 0 Å². The molecule has 0 fully saturated rings. The van der Waals surface area contributed by atoms with Crippen molar-refractivity contribution in [3.8, 4) is 0 Å². The van der Waals surface area contributed by atoms with Crippen LogP contribution in [0.1, 0.15) is 10.4 Å². The van der Waals surface area contributed by atoms with Gasteiger partial charge in [-0.1, -0.05) is 53.0 Å². The fourth-order valence-electron chi connectivity index (χ4n) is 2.32. The molecule has 3 aromatic rings. The van der Waals surface area contributed by atoms with E-state index in [2.05, 4.69) is 10.0 Å². The molecule has 0 heterocycles. The molecule has 0 saturated carbocycles. The summed E-state index contributed by atoms with van der Waals surface area (Å²) in [4.78, 5) is 12.2. The Morgan fingerprint density at radius 1 is 0.786 bits per heavy atom. The van der Waals surface area contributed by atoms with E-state index in [1.807, 2.05) is 0 Å². The molecule has 0 radical (unpaired) electrons. The van der Waals surface area contributed by atoms with Crippen molar-refractivity contribution >= 4 is 62.1 Å². The topological polar surface area (TPSA) is 75.3 Å². The predicted octanol–water partition coefficient (Wildman–Crippen LogP) is 5.70. The number of nitrogens with one attached hydrogen (secondary N) is 2. The van der Waals surface area contributed by atoms with Gasteiger partial charge in [0.05, 0.1) is 31.3 Å². The van der Waals surface area contributed by atoms with Gasteiger partial charge in [0.2, 0.25) is 0 Å².